The molecule has 0 aliphatic heterocycles. The molecule has 0 aliphatic carbocycles. The minimum absolute atomic E-state index is 0.533. The van der Waals surface area contributed by atoms with Gasteiger partial charge >= 0.3 is 0 Å². The molecule has 3 aromatic rings. The van der Waals surface area contributed by atoms with Gasteiger partial charge < -0.3 is 5.32 Å². The van der Waals surface area contributed by atoms with Crippen molar-refractivity contribution in [3.8, 4) is 11.3 Å². The average molecular weight is 308 g/mol. The van der Waals surface area contributed by atoms with Gasteiger partial charge in [0.25, 0.3) is 0 Å². The molecule has 0 saturated carbocycles. The van der Waals surface area contributed by atoms with Crippen LogP contribution in [-0.2, 0) is 0 Å². The summed E-state index contributed by atoms with van der Waals surface area (Å²) in [6, 6.07) is 5.32. The molecule has 0 aliphatic rings. The number of benzene rings is 1. The Balaban J connectivity index is 2.25. The van der Waals surface area contributed by atoms with Gasteiger partial charge in [0.2, 0.25) is 5.95 Å². The van der Waals surface area contributed by atoms with Crippen LogP contribution in [0.2, 0.25) is 10.0 Å². The molecule has 0 bridgehead atoms. The number of anilines is 1. The molecule has 0 fully saturated rings. The Kier molecular flexibility index (Phi) is 3.46. The molecule has 0 atom stereocenters. The second kappa shape index (κ2) is 5.26. The Morgan fingerprint density at radius 1 is 1.25 bits per heavy atom. The van der Waals surface area contributed by atoms with Gasteiger partial charge in [-0.05, 0) is 25.1 Å². The molecule has 0 spiro atoms. The van der Waals surface area contributed by atoms with Crippen LogP contribution in [0.25, 0.3) is 22.3 Å². The standard InChI is InChI=1S/C13H11Cl2N5/c1-2-16-13-18-11(9-6-17-20-12(9)19-13)8-4-3-7(14)5-10(8)15/h3-6H,2H2,1H3,(H2,16,17,18,19,20). The van der Waals surface area contributed by atoms with Gasteiger partial charge in [0.1, 0.15) is 0 Å². The lowest BCUT2D eigenvalue weighted by Crippen LogP contribution is -2.03. The van der Waals surface area contributed by atoms with Crippen LogP contribution < -0.4 is 5.32 Å². The minimum atomic E-state index is 0.533. The Hall–Kier alpha value is -1.85. The topological polar surface area (TPSA) is 66.5 Å². The summed E-state index contributed by atoms with van der Waals surface area (Å²) in [5, 5.41) is 11.9. The second-order valence-electron chi connectivity index (χ2n) is 4.18. The van der Waals surface area contributed by atoms with E-state index in [1.807, 2.05) is 13.0 Å². The van der Waals surface area contributed by atoms with E-state index in [-0.39, 0.29) is 0 Å². The summed E-state index contributed by atoms with van der Waals surface area (Å²) < 4.78 is 0. The van der Waals surface area contributed by atoms with Crippen LogP contribution in [0, 0.1) is 0 Å². The Morgan fingerprint density at radius 2 is 2.10 bits per heavy atom. The van der Waals surface area contributed by atoms with Gasteiger partial charge in [-0.1, -0.05) is 23.2 Å². The number of nitrogens with zero attached hydrogens (tertiary/aromatic N) is 3. The first-order chi connectivity index (χ1) is 9.69. The van der Waals surface area contributed by atoms with Gasteiger partial charge in [0.15, 0.2) is 5.65 Å². The smallest absolute Gasteiger partial charge is 0.225 e. The highest BCUT2D eigenvalue weighted by atomic mass is 35.5. The SMILES string of the molecule is CCNc1nc(-c2ccc(Cl)cc2Cl)c2cn[nH]c2n1. The zero-order valence-electron chi connectivity index (χ0n) is 10.6. The zero-order chi connectivity index (χ0) is 14.1. The third kappa shape index (κ3) is 2.30. The first kappa shape index (κ1) is 13.1. The molecule has 7 heteroatoms. The fraction of sp³-hybridized carbons (Fsp3) is 0.154. The van der Waals surface area contributed by atoms with Crippen LogP contribution in [0.1, 0.15) is 6.92 Å². The Morgan fingerprint density at radius 3 is 2.85 bits per heavy atom. The quantitative estimate of drug-likeness (QED) is 0.773. The minimum Gasteiger partial charge on any atom is -0.354 e. The highest BCUT2D eigenvalue weighted by Crippen LogP contribution is 2.33. The van der Waals surface area contributed by atoms with Crippen molar-refractivity contribution in [1.82, 2.24) is 20.2 Å². The molecule has 2 heterocycles. The van der Waals surface area contributed by atoms with Gasteiger partial charge in [-0.3, -0.25) is 5.10 Å². The molecule has 0 radical (unpaired) electrons. The normalized spacial score (nSPS) is 10.9. The van der Waals surface area contributed by atoms with E-state index in [1.165, 1.54) is 0 Å². The lowest BCUT2D eigenvalue weighted by molar-refractivity contribution is 1.07. The molecule has 5 nitrogen and oxygen atoms in total. The third-order valence-electron chi connectivity index (χ3n) is 2.83. The molecule has 2 aromatic heterocycles. The Bertz CT molecular complexity index is 769. The van der Waals surface area contributed by atoms with Crippen LogP contribution in [0.3, 0.4) is 0 Å². The second-order valence-corrected chi connectivity index (χ2v) is 5.03. The summed E-state index contributed by atoms with van der Waals surface area (Å²) >= 11 is 12.2. The van der Waals surface area contributed by atoms with Gasteiger partial charge in [-0.25, -0.2) is 4.98 Å². The largest absolute Gasteiger partial charge is 0.354 e. The maximum absolute atomic E-state index is 6.26. The summed E-state index contributed by atoms with van der Waals surface area (Å²) in [7, 11) is 0. The third-order valence-corrected chi connectivity index (χ3v) is 3.38. The number of hydrogen-bond donors (Lipinski definition) is 2. The van der Waals surface area contributed by atoms with Gasteiger partial charge in [0, 0.05) is 17.1 Å². The van der Waals surface area contributed by atoms with E-state index in [2.05, 4.69) is 25.5 Å². The highest BCUT2D eigenvalue weighted by molar-refractivity contribution is 6.36. The van der Waals surface area contributed by atoms with Crippen molar-refractivity contribution in [2.75, 3.05) is 11.9 Å². The van der Waals surface area contributed by atoms with Crippen molar-refractivity contribution in [1.29, 1.82) is 0 Å². The van der Waals surface area contributed by atoms with E-state index < -0.39 is 0 Å². The molecule has 2 N–H and O–H groups in total. The number of H-pyrrole nitrogens is 1. The monoisotopic (exact) mass is 307 g/mol. The predicted octanol–water partition coefficient (Wildman–Crippen LogP) is 3.76. The first-order valence-electron chi connectivity index (χ1n) is 6.09. The molecule has 0 amide bonds. The molecule has 20 heavy (non-hydrogen) atoms. The van der Waals surface area contributed by atoms with Crippen LogP contribution in [0.5, 0.6) is 0 Å². The fourth-order valence-corrected chi connectivity index (χ4v) is 2.46. The maximum Gasteiger partial charge on any atom is 0.225 e. The molecule has 102 valence electrons. The lowest BCUT2D eigenvalue weighted by atomic mass is 10.1. The van der Waals surface area contributed by atoms with Crippen molar-refractivity contribution in [3.63, 3.8) is 0 Å². The van der Waals surface area contributed by atoms with Crippen molar-refractivity contribution >= 4 is 40.2 Å². The van der Waals surface area contributed by atoms with Crippen LogP contribution in [0.15, 0.2) is 24.4 Å². The number of rotatable bonds is 3. The van der Waals surface area contributed by atoms with E-state index >= 15 is 0 Å². The molecule has 0 saturated heterocycles. The number of hydrogen-bond acceptors (Lipinski definition) is 4. The summed E-state index contributed by atoms with van der Waals surface area (Å²) in [4.78, 5) is 8.86. The predicted molar refractivity (Wildman–Crippen MR) is 81.3 cm³/mol. The van der Waals surface area contributed by atoms with Crippen LogP contribution in [0.4, 0.5) is 5.95 Å². The van der Waals surface area contributed by atoms with E-state index in [1.54, 1.807) is 18.3 Å². The number of aromatic amines is 1. The number of fused-ring (bicyclic) bond motifs is 1. The Labute approximate surface area is 125 Å². The number of halogens is 2. The number of aromatic nitrogens is 4. The van der Waals surface area contributed by atoms with Crippen LogP contribution >= 0.6 is 23.2 Å². The average Bonchev–Trinajstić information content (AvgIpc) is 2.86. The molecule has 0 unspecified atom stereocenters. The van der Waals surface area contributed by atoms with Crippen molar-refractivity contribution in [2.24, 2.45) is 0 Å². The summed E-state index contributed by atoms with van der Waals surface area (Å²) in [6.45, 7) is 2.71. The van der Waals surface area contributed by atoms with Crippen molar-refractivity contribution in [2.45, 2.75) is 6.92 Å². The van der Waals surface area contributed by atoms with Gasteiger partial charge in [-0.2, -0.15) is 10.1 Å². The van der Waals surface area contributed by atoms with E-state index in [4.69, 9.17) is 23.2 Å². The van der Waals surface area contributed by atoms with Crippen LogP contribution in [-0.4, -0.2) is 26.7 Å². The zero-order valence-corrected chi connectivity index (χ0v) is 12.1. The van der Waals surface area contributed by atoms with Crippen molar-refractivity contribution in [3.05, 3.63) is 34.4 Å². The van der Waals surface area contributed by atoms with Crippen molar-refractivity contribution < 1.29 is 0 Å². The van der Waals surface area contributed by atoms with Gasteiger partial charge in [-0.15, -0.1) is 0 Å². The van der Waals surface area contributed by atoms with E-state index in [0.717, 1.165) is 23.2 Å². The fourth-order valence-electron chi connectivity index (χ4n) is 1.96. The van der Waals surface area contributed by atoms with Gasteiger partial charge in [0.05, 0.1) is 22.3 Å². The number of nitrogens with one attached hydrogen (secondary N) is 2. The summed E-state index contributed by atoms with van der Waals surface area (Å²) in [6.07, 6.45) is 1.69. The summed E-state index contributed by atoms with van der Waals surface area (Å²) in [5.74, 6) is 0.533. The summed E-state index contributed by atoms with van der Waals surface area (Å²) in [5.41, 5.74) is 2.18. The highest BCUT2D eigenvalue weighted by Gasteiger charge is 2.14. The van der Waals surface area contributed by atoms with E-state index in [0.29, 0.717) is 21.6 Å². The molecule has 3 rings (SSSR count). The molecular formula is C13H11Cl2N5. The maximum atomic E-state index is 6.26. The first-order valence-corrected chi connectivity index (χ1v) is 6.85. The molecule has 1 aromatic carbocycles. The molecular weight excluding hydrogens is 297 g/mol. The lowest BCUT2D eigenvalue weighted by Gasteiger charge is -2.08. The van der Waals surface area contributed by atoms with E-state index in [9.17, 15) is 0 Å².